The van der Waals surface area contributed by atoms with Gasteiger partial charge in [-0.15, -0.1) is 0 Å². The summed E-state index contributed by atoms with van der Waals surface area (Å²) in [4.78, 5) is 0. The van der Waals surface area contributed by atoms with Crippen molar-refractivity contribution >= 4 is 0 Å². The third-order valence-corrected chi connectivity index (χ3v) is 6.16. The average Bonchev–Trinajstić information content (AvgIpc) is 2.75. The molecular weight excluding hydrogens is 427 g/mol. The van der Waals surface area contributed by atoms with Crippen LogP contribution in [0.3, 0.4) is 0 Å². The van der Waals surface area contributed by atoms with E-state index in [0.717, 1.165) is 36.5 Å². The van der Waals surface area contributed by atoms with Gasteiger partial charge in [0.25, 0.3) is 0 Å². The van der Waals surface area contributed by atoms with Gasteiger partial charge >= 0.3 is 12.7 Å². The first-order valence-corrected chi connectivity index (χ1v) is 11.2. The molecule has 2 aromatic carbocycles. The Labute approximate surface area is 185 Å². The maximum absolute atomic E-state index is 14.5. The predicted octanol–water partition coefficient (Wildman–Crippen LogP) is 8.09. The van der Waals surface area contributed by atoms with E-state index in [-0.39, 0.29) is 5.56 Å². The van der Waals surface area contributed by atoms with Gasteiger partial charge in [-0.3, -0.25) is 0 Å². The van der Waals surface area contributed by atoms with Crippen LogP contribution in [0.5, 0.6) is 11.5 Å². The van der Waals surface area contributed by atoms with Crippen LogP contribution >= 0.6 is 0 Å². The highest BCUT2D eigenvalue weighted by atomic mass is 19.3. The molecule has 1 saturated carbocycles. The van der Waals surface area contributed by atoms with Crippen molar-refractivity contribution in [2.45, 2.75) is 71.0 Å². The molecule has 2 aromatic rings. The number of alkyl halides is 4. The summed E-state index contributed by atoms with van der Waals surface area (Å²) >= 11 is 0. The van der Waals surface area contributed by atoms with Crippen LogP contribution in [0.1, 0.15) is 63.0 Å². The van der Waals surface area contributed by atoms with Crippen molar-refractivity contribution in [2.75, 3.05) is 0 Å². The smallest absolute Gasteiger partial charge is 0.426 e. The van der Waals surface area contributed by atoms with Crippen LogP contribution in [-0.4, -0.2) is 6.61 Å². The van der Waals surface area contributed by atoms with Gasteiger partial charge in [-0.2, -0.15) is 17.6 Å². The molecule has 0 amide bonds. The molecule has 0 saturated heterocycles. The molecule has 0 atom stereocenters. The SMILES string of the molecule is CCC[C@H]1CC[C@H](CCc2ccc(C(F)(F)Oc3ccc(OC(F)F)c(F)c3)cc2)CC1. The molecule has 0 radical (unpaired) electrons. The summed E-state index contributed by atoms with van der Waals surface area (Å²) in [7, 11) is 0. The molecule has 0 aromatic heterocycles. The van der Waals surface area contributed by atoms with Gasteiger partial charge < -0.3 is 9.47 Å². The van der Waals surface area contributed by atoms with Gasteiger partial charge in [-0.1, -0.05) is 57.6 Å². The maximum Gasteiger partial charge on any atom is 0.426 e. The number of hydrogen-bond donors (Lipinski definition) is 0. The Morgan fingerprint density at radius 1 is 0.938 bits per heavy atom. The molecule has 0 N–H and O–H groups in total. The van der Waals surface area contributed by atoms with Crippen LogP contribution in [0.2, 0.25) is 0 Å². The van der Waals surface area contributed by atoms with E-state index in [1.54, 1.807) is 12.1 Å². The van der Waals surface area contributed by atoms with Gasteiger partial charge in [0.05, 0.1) is 5.56 Å². The molecule has 7 heteroatoms. The van der Waals surface area contributed by atoms with Crippen molar-refractivity contribution in [3.8, 4) is 11.5 Å². The summed E-state index contributed by atoms with van der Waals surface area (Å²) in [5.74, 6) is -0.882. The van der Waals surface area contributed by atoms with Crippen LogP contribution < -0.4 is 9.47 Å². The molecule has 32 heavy (non-hydrogen) atoms. The number of halogens is 5. The van der Waals surface area contributed by atoms with Crippen LogP contribution in [0.15, 0.2) is 42.5 Å². The summed E-state index contributed by atoms with van der Waals surface area (Å²) in [5.41, 5.74) is 0.620. The van der Waals surface area contributed by atoms with Gasteiger partial charge in [-0.05, 0) is 54.5 Å². The molecule has 176 valence electrons. The van der Waals surface area contributed by atoms with Crippen LogP contribution in [0.25, 0.3) is 0 Å². The molecule has 0 spiro atoms. The fraction of sp³-hybridized carbons (Fsp3) is 0.520. The topological polar surface area (TPSA) is 18.5 Å². The van der Waals surface area contributed by atoms with E-state index < -0.39 is 30.0 Å². The van der Waals surface area contributed by atoms with E-state index in [1.807, 2.05) is 0 Å². The quantitative estimate of drug-likeness (QED) is 0.336. The van der Waals surface area contributed by atoms with Crippen LogP contribution in [0.4, 0.5) is 22.0 Å². The lowest BCUT2D eigenvalue weighted by molar-refractivity contribution is -0.185. The number of benzene rings is 2. The molecule has 0 heterocycles. The van der Waals surface area contributed by atoms with Gasteiger partial charge in [0.2, 0.25) is 0 Å². The van der Waals surface area contributed by atoms with Gasteiger partial charge in [0.15, 0.2) is 11.6 Å². The highest BCUT2D eigenvalue weighted by molar-refractivity contribution is 5.34. The lowest BCUT2D eigenvalue weighted by Gasteiger charge is -2.28. The first-order valence-electron chi connectivity index (χ1n) is 11.2. The molecule has 0 bridgehead atoms. The van der Waals surface area contributed by atoms with Gasteiger partial charge in [0, 0.05) is 6.07 Å². The van der Waals surface area contributed by atoms with E-state index in [1.165, 1.54) is 50.7 Å². The molecular formula is C25H29F5O2. The summed E-state index contributed by atoms with van der Waals surface area (Å²) in [6.07, 6.45) is 5.80. The zero-order valence-electron chi connectivity index (χ0n) is 18.1. The minimum Gasteiger partial charge on any atom is -0.432 e. The Morgan fingerprint density at radius 3 is 2.12 bits per heavy atom. The van der Waals surface area contributed by atoms with Crippen molar-refractivity contribution in [1.29, 1.82) is 0 Å². The third-order valence-electron chi connectivity index (χ3n) is 6.16. The van der Waals surface area contributed by atoms with E-state index in [2.05, 4.69) is 16.4 Å². The Balaban J connectivity index is 1.53. The second-order valence-corrected chi connectivity index (χ2v) is 8.50. The summed E-state index contributed by atoms with van der Waals surface area (Å²) in [6, 6.07) is 8.31. The first kappa shape index (κ1) is 24.3. The first-order chi connectivity index (χ1) is 15.3. The van der Waals surface area contributed by atoms with Gasteiger partial charge in [0.1, 0.15) is 5.75 Å². The number of ether oxygens (including phenoxy) is 2. The Kier molecular flexibility index (Phi) is 8.38. The summed E-state index contributed by atoms with van der Waals surface area (Å²) in [6.45, 7) is -0.989. The molecule has 1 aliphatic rings. The fourth-order valence-electron chi connectivity index (χ4n) is 4.40. The Morgan fingerprint density at radius 2 is 1.56 bits per heavy atom. The molecule has 1 fully saturated rings. The van der Waals surface area contributed by atoms with E-state index in [9.17, 15) is 22.0 Å². The third kappa shape index (κ3) is 6.84. The highest BCUT2D eigenvalue weighted by Crippen LogP contribution is 2.35. The second kappa shape index (κ2) is 11.0. The second-order valence-electron chi connectivity index (χ2n) is 8.50. The molecule has 3 rings (SSSR count). The highest BCUT2D eigenvalue weighted by Gasteiger charge is 2.34. The Hall–Kier alpha value is -2.31. The monoisotopic (exact) mass is 456 g/mol. The standard InChI is InChI=1S/C25H29F5O2/c1-2-3-17-4-6-18(7-5-17)8-9-19-10-12-20(13-11-19)25(29,30)32-21-14-15-23(22(26)16-21)31-24(27)28/h10-18,24H,2-9H2,1H3/t17-,18-. The molecule has 0 aliphatic heterocycles. The predicted molar refractivity (Wildman–Crippen MR) is 113 cm³/mol. The lowest BCUT2D eigenvalue weighted by atomic mass is 9.78. The van der Waals surface area contributed by atoms with E-state index >= 15 is 0 Å². The van der Waals surface area contributed by atoms with Crippen LogP contribution in [-0.2, 0) is 12.5 Å². The minimum atomic E-state index is -3.70. The number of rotatable bonds is 10. The van der Waals surface area contributed by atoms with E-state index in [0.29, 0.717) is 12.0 Å². The average molecular weight is 456 g/mol. The summed E-state index contributed by atoms with van der Waals surface area (Å²) in [5, 5.41) is 0. The van der Waals surface area contributed by atoms with Crippen molar-refractivity contribution < 1.29 is 31.4 Å². The number of aryl methyl sites for hydroxylation is 1. The van der Waals surface area contributed by atoms with Crippen molar-refractivity contribution in [2.24, 2.45) is 11.8 Å². The largest absolute Gasteiger partial charge is 0.432 e. The fourth-order valence-corrected chi connectivity index (χ4v) is 4.40. The van der Waals surface area contributed by atoms with Gasteiger partial charge in [-0.25, -0.2) is 4.39 Å². The Bertz CT molecular complexity index is 846. The number of hydrogen-bond acceptors (Lipinski definition) is 2. The zero-order valence-corrected chi connectivity index (χ0v) is 18.1. The molecule has 2 nitrogen and oxygen atoms in total. The summed E-state index contributed by atoms with van der Waals surface area (Å²) < 4.78 is 75.7. The molecule has 1 aliphatic carbocycles. The van der Waals surface area contributed by atoms with Crippen molar-refractivity contribution in [1.82, 2.24) is 0 Å². The normalized spacial score (nSPS) is 19.2. The zero-order chi connectivity index (χ0) is 23.1. The molecule has 0 unspecified atom stereocenters. The van der Waals surface area contributed by atoms with E-state index in [4.69, 9.17) is 0 Å². The minimum absolute atomic E-state index is 0.366. The van der Waals surface area contributed by atoms with Crippen LogP contribution in [0, 0.1) is 17.7 Å². The lowest BCUT2D eigenvalue weighted by Crippen LogP contribution is -2.22. The van der Waals surface area contributed by atoms with Crippen molar-refractivity contribution in [3.63, 3.8) is 0 Å². The maximum atomic E-state index is 14.5. The van der Waals surface area contributed by atoms with Crippen molar-refractivity contribution in [3.05, 3.63) is 59.4 Å².